The lowest BCUT2D eigenvalue weighted by Gasteiger charge is -2.07. The van der Waals surface area contributed by atoms with E-state index in [9.17, 15) is 13.6 Å². The van der Waals surface area contributed by atoms with E-state index in [-0.39, 0.29) is 16.5 Å². The molecule has 0 unspecified atom stereocenters. The highest BCUT2D eigenvalue weighted by atomic mass is 35.5. The molecule has 0 saturated heterocycles. The van der Waals surface area contributed by atoms with Gasteiger partial charge in [-0.25, -0.2) is 18.6 Å². The Morgan fingerprint density at radius 1 is 1.19 bits per heavy atom. The number of carbonyl (C=O) groups is 1. The highest BCUT2D eigenvalue weighted by molar-refractivity contribution is 6.29. The molecule has 0 spiro atoms. The summed E-state index contributed by atoms with van der Waals surface area (Å²) in [5, 5.41) is 11.8. The van der Waals surface area contributed by atoms with Crippen LogP contribution in [0.3, 0.4) is 0 Å². The summed E-state index contributed by atoms with van der Waals surface area (Å²) in [6.07, 6.45) is 0.352. The van der Waals surface area contributed by atoms with E-state index < -0.39 is 17.6 Å². The normalized spacial score (nSPS) is 10.4. The Balaban J connectivity index is 2.01. The number of rotatable bonds is 5. The molecule has 0 aliphatic carbocycles. The molecule has 1 aromatic carbocycles. The van der Waals surface area contributed by atoms with Crippen LogP contribution >= 0.6 is 11.6 Å². The van der Waals surface area contributed by atoms with Crippen molar-refractivity contribution in [3.63, 3.8) is 0 Å². The SMILES string of the molecule is O=C(O)c1cc(Cl)nc(NCCc2cc(F)cc(F)c2)c1. The van der Waals surface area contributed by atoms with Crippen LogP contribution in [-0.4, -0.2) is 22.6 Å². The van der Waals surface area contributed by atoms with Gasteiger partial charge in [-0.1, -0.05) is 11.6 Å². The molecule has 1 aromatic heterocycles. The van der Waals surface area contributed by atoms with Gasteiger partial charge in [0.25, 0.3) is 0 Å². The zero-order chi connectivity index (χ0) is 15.4. The molecule has 0 aliphatic rings. The fraction of sp³-hybridized carbons (Fsp3) is 0.143. The molecule has 0 atom stereocenters. The average molecular weight is 313 g/mol. The van der Waals surface area contributed by atoms with E-state index >= 15 is 0 Å². The molecule has 2 aromatic rings. The molecule has 2 N–H and O–H groups in total. The van der Waals surface area contributed by atoms with Gasteiger partial charge in [0.2, 0.25) is 0 Å². The van der Waals surface area contributed by atoms with Crippen molar-refractivity contribution in [2.45, 2.75) is 6.42 Å². The number of aromatic carboxylic acids is 1. The maximum Gasteiger partial charge on any atom is 0.335 e. The highest BCUT2D eigenvalue weighted by Crippen LogP contribution is 2.15. The van der Waals surface area contributed by atoms with Gasteiger partial charge >= 0.3 is 5.97 Å². The lowest BCUT2D eigenvalue weighted by molar-refractivity contribution is 0.0697. The van der Waals surface area contributed by atoms with E-state index in [1.54, 1.807) is 0 Å². The number of nitrogens with zero attached hydrogens (tertiary/aromatic N) is 1. The molecule has 0 aliphatic heterocycles. The molecular weight excluding hydrogens is 302 g/mol. The van der Waals surface area contributed by atoms with Crippen LogP contribution in [0, 0.1) is 11.6 Å². The van der Waals surface area contributed by atoms with Crippen LogP contribution in [0.15, 0.2) is 30.3 Å². The maximum atomic E-state index is 13.0. The van der Waals surface area contributed by atoms with Crippen molar-refractivity contribution < 1.29 is 18.7 Å². The third kappa shape index (κ3) is 4.39. The number of aromatic nitrogens is 1. The van der Waals surface area contributed by atoms with Crippen LogP contribution < -0.4 is 5.32 Å². The molecular formula is C14H11ClF2N2O2. The van der Waals surface area contributed by atoms with Crippen LogP contribution in [0.1, 0.15) is 15.9 Å². The Kier molecular flexibility index (Phi) is 4.70. The molecule has 7 heteroatoms. The summed E-state index contributed by atoms with van der Waals surface area (Å²) in [7, 11) is 0. The molecule has 1 heterocycles. The summed E-state index contributed by atoms with van der Waals surface area (Å²) in [4.78, 5) is 14.8. The standard InChI is InChI=1S/C14H11ClF2N2O2/c15-12-5-9(14(20)21)6-13(19-12)18-2-1-8-3-10(16)7-11(17)4-8/h3-7H,1-2H2,(H,18,19)(H,20,21). The Labute approximate surface area is 124 Å². The maximum absolute atomic E-state index is 13.0. The summed E-state index contributed by atoms with van der Waals surface area (Å²) < 4.78 is 26.0. The Hall–Kier alpha value is -2.21. The summed E-state index contributed by atoms with van der Waals surface area (Å²) in [6, 6.07) is 5.84. The number of carboxylic acids is 1. The largest absolute Gasteiger partial charge is 0.478 e. The number of carboxylic acid groups (broad SMARTS) is 1. The van der Waals surface area contributed by atoms with Gasteiger partial charge in [-0.3, -0.25) is 0 Å². The number of hydrogen-bond donors (Lipinski definition) is 2. The van der Waals surface area contributed by atoms with Crippen molar-refractivity contribution in [1.82, 2.24) is 4.98 Å². The van der Waals surface area contributed by atoms with Gasteiger partial charge in [-0.2, -0.15) is 0 Å². The number of anilines is 1. The van der Waals surface area contributed by atoms with E-state index in [0.29, 0.717) is 18.5 Å². The van der Waals surface area contributed by atoms with Gasteiger partial charge < -0.3 is 10.4 Å². The first-order chi connectivity index (χ1) is 9.94. The first-order valence-electron chi connectivity index (χ1n) is 6.04. The molecule has 110 valence electrons. The van der Waals surface area contributed by atoms with Crippen molar-refractivity contribution in [2.75, 3.05) is 11.9 Å². The minimum absolute atomic E-state index is 0.00861. The molecule has 2 rings (SSSR count). The molecule has 0 radical (unpaired) electrons. The van der Waals surface area contributed by atoms with E-state index in [0.717, 1.165) is 6.07 Å². The van der Waals surface area contributed by atoms with Gasteiger partial charge in [0, 0.05) is 12.6 Å². The molecule has 0 fully saturated rings. The van der Waals surface area contributed by atoms with Gasteiger partial charge in [0.1, 0.15) is 22.6 Å². The monoisotopic (exact) mass is 312 g/mol. The number of benzene rings is 1. The van der Waals surface area contributed by atoms with E-state index in [1.165, 1.54) is 24.3 Å². The summed E-state index contributed by atoms with van der Waals surface area (Å²) in [5.74, 6) is -2.11. The number of pyridine rings is 1. The summed E-state index contributed by atoms with van der Waals surface area (Å²) in [5.41, 5.74) is 0.495. The highest BCUT2D eigenvalue weighted by Gasteiger charge is 2.07. The summed E-state index contributed by atoms with van der Waals surface area (Å²) in [6.45, 7) is 0.329. The Bertz CT molecular complexity index is 660. The summed E-state index contributed by atoms with van der Waals surface area (Å²) >= 11 is 5.72. The van der Waals surface area contributed by atoms with Gasteiger partial charge in [-0.15, -0.1) is 0 Å². The number of halogens is 3. The number of hydrogen-bond acceptors (Lipinski definition) is 3. The van der Waals surface area contributed by atoms with Crippen molar-refractivity contribution in [2.24, 2.45) is 0 Å². The van der Waals surface area contributed by atoms with Crippen molar-refractivity contribution in [3.05, 3.63) is 58.2 Å². The molecule has 21 heavy (non-hydrogen) atoms. The van der Waals surface area contributed by atoms with Gasteiger partial charge in [0.15, 0.2) is 0 Å². The van der Waals surface area contributed by atoms with Crippen LogP contribution in [0.2, 0.25) is 5.15 Å². The van der Waals surface area contributed by atoms with Crippen LogP contribution in [-0.2, 0) is 6.42 Å². The molecule has 0 bridgehead atoms. The second-order valence-electron chi connectivity index (χ2n) is 4.32. The Morgan fingerprint density at radius 3 is 2.48 bits per heavy atom. The minimum Gasteiger partial charge on any atom is -0.478 e. The minimum atomic E-state index is -1.12. The second-order valence-corrected chi connectivity index (χ2v) is 4.71. The van der Waals surface area contributed by atoms with Crippen LogP contribution in [0.5, 0.6) is 0 Å². The van der Waals surface area contributed by atoms with E-state index in [4.69, 9.17) is 16.7 Å². The quantitative estimate of drug-likeness (QED) is 0.831. The zero-order valence-corrected chi connectivity index (χ0v) is 11.5. The molecule has 0 amide bonds. The molecule has 0 saturated carbocycles. The van der Waals surface area contributed by atoms with Crippen LogP contribution in [0.25, 0.3) is 0 Å². The predicted molar refractivity (Wildman–Crippen MR) is 74.8 cm³/mol. The Morgan fingerprint density at radius 2 is 1.86 bits per heavy atom. The fourth-order valence-electron chi connectivity index (χ4n) is 1.80. The fourth-order valence-corrected chi connectivity index (χ4v) is 2.01. The lowest BCUT2D eigenvalue weighted by Crippen LogP contribution is -2.08. The topological polar surface area (TPSA) is 62.2 Å². The van der Waals surface area contributed by atoms with Crippen molar-refractivity contribution in [1.29, 1.82) is 0 Å². The zero-order valence-electron chi connectivity index (χ0n) is 10.7. The second kappa shape index (κ2) is 6.49. The van der Waals surface area contributed by atoms with E-state index in [2.05, 4.69) is 10.3 Å². The first kappa shape index (κ1) is 15.2. The number of nitrogens with one attached hydrogen (secondary N) is 1. The van der Waals surface area contributed by atoms with E-state index in [1.807, 2.05) is 0 Å². The van der Waals surface area contributed by atoms with Gasteiger partial charge in [-0.05, 0) is 36.2 Å². The average Bonchev–Trinajstić information content (AvgIpc) is 2.36. The third-order valence-corrected chi connectivity index (χ3v) is 2.88. The lowest BCUT2D eigenvalue weighted by atomic mass is 10.1. The van der Waals surface area contributed by atoms with Crippen molar-refractivity contribution in [3.8, 4) is 0 Å². The molecule has 4 nitrogen and oxygen atoms in total. The van der Waals surface area contributed by atoms with Crippen molar-refractivity contribution >= 4 is 23.4 Å². The van der Waals surface area contributed by atoms with Crippen LogP contribution in [0.4, 0.5) is 14.6 Å². The van der Waals surface area contributed by atoms with Gasteiger partial charge in [0.05, 0.1) is 5.56 Å². The third-order valence-electron chi connectivity index (χ3n) is 2.68. The first-order valence-corrected chi connectivity index (χ1v) is 6.41. The smallest absolute Gasteiger partial charge is 0.335 e. The predicted octanol–water partition coefficient (Wildman–Crippen LogP) is 3.37.